The number of thiophene rings is 1. The Morgan fingerprint density at radius 1 is 0.579 bits per heavy atom. The van der Waals surface area contributed by atoms with Crippen LogP contribution in [-0.4, -0.2) is 24.5 Å². The molecule has 0 atom stereocenters. The van der Waals surface area contributed by atoms with Crippen molar-refractivity contribution in [1.82, 2.24) is 24.5 Å². The third-order valence-corrected chi connectivity index (χ3v) is 8.13. The number of hydrogen-bond donors (Lipinski definition) is 0. The Labute approximate surface area is 221 Å². The summed E-state index contributed by atoms with van der Waals surface area (Å²) in [5.41, 5.74) is 6.12. The molecule has 0 spiro atoms. The van der Waals surface area contributed by atoms with Crippen LogP contribution in [0.25, 0.3) is 70.4 Å². The maximum absolute atomic E-state index is 5.01. The lowest BCUT2D eigenvalue weighted by Gasteiger charge is -2.09. The van der Waals surface area contributed by atoms with Crippen LogP contribution in [0.3, 0.4) is 0 Å². The maximum Gasteiger partial charge on any atom is 0.163 e. The van der Waals surface area contributed by atoms with Crippen molar-refractivity contribution < 1.29 is 0 Å². The lowest BCUT2D eigenvalue weighted by Crippen LogP contribution is -2.00. The van der Waals surface area contributed by atoms with Crippen molar-refractivity contribution in [2.24, 2.45) is 0 Å². The van der Waals surface area contributed by atoms with Gasteiger partial charge in [-0.25, -0.2) is 9.97 Å². The zero-order valence-electron chi connectivity index (χ0n) is 20.1. The molecular weight excluding hydrogens is 486 g/mol. The summed E-state index contributed by atoms with van der Waals surface area (Å²) in [6.45, 7) is 0. The molecule has 8 aromatic rings. The highest BCUT2D eigenvalue weighted by Gasteiger charge is 2.18. The van der Waals surface area contributed by atoms with Crippen molar-refractivity contribution in [2.75, 3.05) is 0 Å². The molecule has 3 aromatic carbocycles. The number of aromatic nitrogens is 5. The van der Waals surface area contributed by atoms with Crippen molar-refractivity contribution >= 4 is 53.4 Å². The molecule has 0 fully saturated rings. The SMILES string of the molecule is c1ccc(-c2cnc3c4cc5c(cc4n(-c4ccnc(-c6cccnc6)n4)c3c2)sc2ccccc25)cc1. The van der Waals surface area contributed by atoms with E-state index in [4.69, 9.17) is 9.97 Å². The lowest BCUT2D eigenvalue weighted by molar-refractivity contribution is 1.04. The van der Waals surface area contributed by atoms with Crippen LogP contribution in [0.2, 0.25) is 0 Å². The van der Waals surface area contributed by atoms with Gasteiger partial charge in [-0.1, -0.05) is 48.5 Å². The Morgan fingerprint density at radius 3 is 2.34 bits per heavy atom. The molecule has 0 N–H and O–H groups in total. The molecule has 0 saturated carbocycles. The predicted molar refractivity (Wildman–Crippen MR) is 156 cm³/mol. The number of hydrogen-bond acceptors (Lipinski definition) is 5. The third kappa shape index (κ3) is 3.24. The fourth-order valence-corrected chi connectivity index (χ4v) is 6.36. The normalized spacial score (nSPS) is 11.7. The van der Waals surface area contributed by atoms with Crippen molar-refractivity contribution in [3.63, 3.8) is 0 Å². The van der Waals surface area contributed by atoms with E-state index in [1.807, 2.05) is 48.0 Å². The Bertz CT molecular complexity index is 2130. The molecule has 0 aliphatic carbocycles. The van der Waals surface area contributed by atoms with Gasteiger partial charge < -0.3 is 0 Å². The van der Waals surface area contributed by atoms with Crippen molar-refractivity contribution in [2.45, 2.75) is 0 Å². The zero-order valence-corrected chi connectivity index (χ0v) is 20.9. The van der Waals surface area contributed by atoms with Gasteiger partial charge >= 0.3 is 0 Å². The summed E-state index contributed by atoms with van der Waals surface area (Å²) in [5.74, 6) is 1.44. The van der Waals surface area contributed by atoms with Gasteiger partial charge in [0.25, 0.3) is 0 Å². The standard InChI is InChI=1S/C32H19N5S/c1-2-7-20(8-3-1)22-15-27-31(35-19-22)25-16-24-23-10-4-5-11-28(23)38-29(24)17-26(25)37(27)30-12-14-34-32(36-30)21-9-6-13-33-18-21/h1-19H. The molecule has 178 valence electrons. The van der Waals surface area contributed by atoms with E-state index in [-0.39, 0.29) is 0 Å². The topological polar surface area (TPSA) is 56.5 Å². The summed E-state index contributed by atoms with van der Waals surface area (Å²) in [6.07, 6.45) is 7.33. The molecule has 38 heavy (non-hydrogen) atoms. The minimum Gasteiger partial charge on any atom is -0.292 e. The highest BCUT2D eigenvalue weighted by Crippen LogP contribution is 2.40. The second kappa shape index (κ2) is 8.30. The van der Waals surface area contributed by atoms with Crippen LogP contribution in [-0.2, 0) is 0 Å². The van der Waals surface area contributed by atoms with Crippen LogP contribution in [0.4, 0.5) is 0 Å². The number of pyridine rings is 2. The van der Waals surface area contributed by atoms with Crippen LogP contribution >= 0.6 is 11.3 Å². The van der Waals surface area contributed by atoms with E-state index >= 15 is 0 Å². The molecule has 5 nitrogen and oxygen atoms in total. The Hall–Kier alpha value is -4.94. The van der Waals surface area contributed by atoms with E-state index in [0.29, 0.717) is 5.82 Å². The molecule has 0 amide bonds. The molecule has 6 heteroatoms. The van der Waals surface area contributed by atoms with E-state index < -0.39 is 0 Å². The Morgan fingerprint density at radius 2 is 1.45 bits per heavy atom. The maximum atomic E-state index is 5.01. The number of nitrogens with zero attached hydrogens (tertiary/aromatic N) is 5. The molecule has 0 saturated heterocycles. The summed E-state index contributed by atoms with van der Waals surface area (Å²) >= 11 is 1.82. The molecule has 5 heterocycles. The average molecular weight is 506 g/mol. The lowest BCUT2D eigenvalue weighted by atomic mass is 10.1. The quantitative estimate of drug-likeness (QED) is 0.244. The first kappa shape index (κ1) is 21.2. The Kier molecular flexibility index (Phi) is 4.62. The van der Waals surface area contributed by atoms with Crippen LogP contribution in [0.5, 0.6) is 0 Å². The largest absolute Gasteiger partial charge is 0.292 e. The number of rotatable bonds is 3. The molecule has 5 aromatic heterocycles. The first-order valence-electron chi connectivity index (χ1n) is 12.4. The van der Waals surface area contributed by atoms with E-state index in [1.54, 1.807) is 12.4 Å². The first-order valence-corrected chi connectivity index (χ1v) is 13.2. The van der Waals surface area contributed by atoms with Gasteiger partial charge in [-0.2, -0.15) is 0 Å². The van der Waals surface area contributed by atoms with Gasteiger partial charge in [0.15, 0.2) is 5.82 Å². The second-order valence-electron chi connectivity index (χ2n) is 9.24. The first-order chi connectivity index (χ1) is 18.8. The zero-order chi connectivity index (χ0) is 25.1. The molecule has 0 aliphatic heterocycles. The molecule has 0 radical (unpaired) electrons. The van der Waals surface area contributed by atoms with Crippen LogP contribution < -0.4 is 0 Å². The van der Waals surface area contributed by atoms with E-state index in [9.17, 15) is 0 Å². The highest BCUT2D eigenvalue weighted by atomic mass is 32.1. The highest BCUT2D eigenvalue weighted by molar-refractivity contribution is 7.25. The van der Waals surface area contributed by atoms with Gasteiger partial charge in [0.05, 0.1) is 16.6 Å². The summed E-state index contributed by atoms with van der Waals surface area (Å²) in [7, 11) is 0. The van der Waals surface area contributed by atoms with Gasteiger partial charge in [0.2, 0.25) is 0 Å². The monoisotopic (exact) mass is 505 g/mol. The summed E-state index contributed by atoms with van der Waals surface area (Å²) in [6, 6.07) is 31.6. The smallest absolute Gasteiger partial charge is 0.163 e. The molecule has 0 unspecified atom stereocenters. The van der Waals surface area contributed by atoms with Gasteiger partial charge in [-0.3, -0.25) is 14.5 Å². The van der Waals surface area contributed by atoms with E-state index in [0.717, 1.165) is 44.4 Å². The van der Waals surface area contributed by atoms with Gasteiger partial charge in [-0.15, -0.1) is 11.3 Å². The summed E-state index contributed by atoms with van der Waals surface area (Å²) in [5, 5.41) is 3.64. The van der Waals surface area contributed by atoms with Crippen LogP contribution in [0, 0.1) is 0 Å². The van der Waals surface area contributed by atoms with Gasteiger partial charge in [0, 0.05) is 61.5 Å². The second-order valence-corrected chi connectivity index (χ2v) is 10.3. The molecule has 0 aliphatic rings. The summed E-state index contributed by atoms with van der Waals surface area (Å²) < 4.78 is 4.74. The average Bonchev–Trinajstić information content (AvgIpc) is 3.51. The van der Waals surface area contributed by atoms with E-state index in [2.05, 4.69) is 81.3 Å². The van der Waals surface area contributed by atoms with E-state index in [1.165, 1.54) is 20.2 Å². The van der Waals surface area contributed by atoms with Crippen molar-refractivity contribution in [1.29, 1.82) is 0 Å². The van der Waals surface area contributed by atoms with Crippen LogP contribution in [0.1, 0.15) is 0 Å². The molecule has 8 rings (SSSR count). The number of fused-ring (bicyclic) bond motifs is 6. The molecule has 0 bridgehead atoms. The number of benzene rings is 3. The minimum absolute atomic E-state index is 0.640. The summed E-state index contributed by atoms with van der Waals surface area (Å²) in [4.78, 5) is 18.8. The molecular formula is C32H19N5S. The Balaban J connectivity index is 1.47. The van der Waals surface area contributed by atoms with Crippen molar-refractivity contribution in [3.8, 4) is 28.3 Å². The van der Waals surface area contributed by atoms with Crippen LogP contribution in [0.15, 0.2) is 116 Å². The van der Waals surface area contributed by atoms with Gasteiger partial charge in [-0.05, 0) is 48.0 Å². The predicted octanol–water partition coefficient (Wildman–Crippen LogP) is 8.07. The third-order valence-electron chi connectivity index (χ3n) is 7.00. The van der Waals surface area contributed by atoms with Crippen molar-refractivity contribution in [3.05, 3.63) is 116 Å². The van der Waals surface area contributed by atoms with Gasteiger partial charge in [0.1, 0.15) is 5.82 Å². The fraction of sp³-hybridized carbons (Fsp3) is 0. The minimum atomic E-state index is 0.640. The fourth-order valence-electron chi connectivity index (χ4n) is 5.24.